The molecule has 7 heteroatoms. The van der Waals surface area contributed by atoms with Gasteiger partial charge in [-0.25, -0.2) is 23.5 Å². The number of halogens is 2. The van der Waals surface area contributed by atoms with Gasteiger partial charge in [0, 0.05) is 23.0 Å². The van der Waals surface area contributed by atoms with Gasteiger partial charge in [-0.15, -0.1) is 0 Å². The van der Waals surface area contributed by atoms with Crippen LogP contribution in [0.15, 0.2) is 36.8 Å². The van der Waals surface area contributed by atoms with Gasteiger partial charge in [-0.3, -0.25) is 4.98 Å². The molecule has 0 aliphatic heterocycles. The molecule has 0 unspecified atom stereocenters. The van der Waals surface area contributed by atoms with E-state index in [2.05, 4.69) is 26.8 Å². The maximum atomic E-state index is 14.2. The summed E-state index contributed by atoms with van der Waals surface area (Å²) in [5.74, 6) is 1.94. The smallest absolute Gasteiger partial charge is 0.341 e. The molecular formula is C22H17F2N3O2. The fourth-order valence-electron chi connectivity index (χ4n) is 2.80. The Bertz CT molecular complexity index is 1110. The molecule has 1 N–H and O–H groups in total. The molecule has 2 aromatic heterocycles. The summed E-state index contributed by atoms with van der Waals surface area (Å²) in [6.45, 7) is 3.88. The van der Waals surface area contributed by atoms with Gasteiger partial charge in [0.25, 0.3) is 0 Å². The first kappa shape index (κ1) is 20.1. The van der Waals surface area contributed by atoms with Crippen LogP contribution in [-0.2, 0) is 12.8 Å². The van der Waals surface area contributed by atoms with E-state index < -0.39 is 23.2 Å². The molecule has 3 rings (SSSR count). The number of hydrogen-bond acceptors (Lipinski definition) is 4. The first-order valence-electron chi connectivity index (χ1n) is 8.98. The second kappa shape index (κ2) is 8.57. The summed E-state index contributed by atoms with van der Waals surface area (Å²) in [7, 11) is 0. The van der Waals surface area contributed by atoms with Gasteiger partial charge < -0.3 is 5.11 Å². The van der Waals surface area contributed by atoms with Crippen LogP contribution < -0.4 is 0 Å². The second-order valence-electron chi connectivity index (χ2n) is 6.16. The summed E-state index contributed by atoms with van der Waals surface area (Å²) >= 11 is 0. The summed E-state index contributed by atoms with van der Waals surface area (Å²) in [6, 6.07) is 5.60. The number of benzene rings is 1. The van der Waals surface area contributed by atoms with Crippen LogP contribution in [0.1, 0.15) is 46.7 Å². The molecule has 0 radical (unpaired) electrons. The molecule has 0 bridgehead atoms. The van der Waals surface area contributed by atoms with E-state index in [0.717, 1.165) is 24.2 Å². The van der Waals surface area contributed by atoms with Crippen LogP contribution >= 0.6 is 0 Å². The summed E-state index contributed by atoms with van der Waals surface area (Å²) in [5, 5.41) is 8.96. The molecule has 0 amide bonds. The van der Waals surface area contributed by atoms with Crippen LogP contribution in [-0.4, -0.2) is 26.0 Å². The molecule has 0 aliphatic rings. The lowest BCUT2D eigenvalue weighted by atomic mass is 10.0. The van der Waals surface area contributed by atoms with E-state index in [-0.39, 0.29) is 11.3 Å². The fourth-order valence-corrected chi connectivity index (χ4v) is 2.80. The number of nitrogens with zero attached hydrogens (tertiary/aromatic N) is 3. The Morgan fingerprint density at radius 2 is 1.76 bits per heavy atom. The standard InChI is InChI=1S/C22H17F2N3O2/c1-3-15-7-5-13(11-25-15)6-8-16-19(4-2)26-12-27-21(16)14-9-17(23)20(22(28)29)18(24)10-14/h5,7,9-12H,3-4H2,1-2H3,(H,28,29). The minimum atomic E-state index is -1.67. The number of carboxylic acid groups (broad SMARTS) is 1. The van der Waals surface area contributed by atoms with Crippen LogP contribution in [0.4, 0.5) is 8.78 Å². The Labute approximate surface area is 166 Å². The van der Waals surface area contributed by atoms with Crippen LogP contribution in [0.3, 0.4) is 0 Å². The third-order valence-corrected chi connectivity index (χ3v) is 4.31. The zero-order valence-electron chi connectivity index (χ0n) is 15.8. The third kappa shape index (κ3) is 4.27. The zero-order valence-corrected chi connectivity index (χ0v) is 15.8. The minimum Gasteiger partial charge on any atom is -0.477 e. The Balaban J connectivity index is 2.13. The van der Waals surface area contributed by atoms with E-state index in [1.54, 1.807) is 6.20 Å². The number of aryl methyl sites for hydroxylation is 2. The highest BCUT2D eigenvalue weighted by Gasteiger charge is 2.20. The van der Waals surface area contributed by atoms with Crippen molar-refractivity contribution in [1.82, 2.24) is 15.0 Å². The van der Waals surface area contributed by atoms with Crippen LogP contribution in [0.5, 0.6) is 0 Å². The number of aromatic carboxylic acids is 1. The Morgan fingerprint density at radius 3 is 2.31 bits per heavy atom. The first-order valence-corrected chi connectivity index (χ1v) is 8.98. The SMILES string of the molecule is CCc1ccc(C#Cc2c(CC)ncnc2-c2cc(F)c(C(=O)O)c(F)c2)cn1. The molecule has 5 nitrogen and oxygen atoms in total. The highest BCUT2D eigenvalue weighted by molar-refractivity contribution is 5.89. The first-order chi connectivity index (χ1) is 13.9. The normalized spacial score (nSPS) is 10.3. The second-order valence-corrected chi connectivity index (χ2v) is 6.16. The van der Waals surface area contributed by atoms with Gasteiger partial charge in [0.1, 0.15) is 23.5 Å². The molecule has 29 heavy (non-hydrogen) atoms. The van der Waals surface area contributed by atoms with Crippen molar-refractivity contribution < 1.29 is 18.7 Å². The van der Waals surface area contributed by atoms with Crippen molar-refractivity contribution in [2.45, 2.75) is 26.7 Å². The Hall–Kier alpha value is -3.66. The third-order valence-electron chi connectivity index (χ3n) is 4.31. The van der Waals surface area contributed by atoms with Gasteiger partial charge in [0.2, 0.25) is 0 Å². The maximum Gasteiger partial charge on any atom is 0.341 e. The number of pyridine rings is 1. The summed E-state index contributed by atoms with van der Waals surface area (Å²) < 4.78 is 28.4. The molecule has 0 atom stereocenters. The van der Waals surface area contributed by atoms with Crippen LogP contribution in [0.25, 0.3) is 11.3 Å². The lowest BCUT2D eigenvalue weighted by Gasteiger charge is -2.09. The predicted molar refractivity (Wildman–Crippen MR) is 103 cm³/mol. The van der Waals surface area contributed by atoms with E-state index in [4.69, 9.17) is 5.11 Å². The molecule has 146 valence electrons. The Morgan fingerprint density at radius 1 is 1.03 bits per heavy atom. The lowest BCUT2D eigenvalue weighted by molar-refractivity contribution is 0.0686. The predicted octanol–water partition coefficient (Wildman–Crippen LogP) is 4.04. The molecule has 0 saturated carbocycles. The van der Waals surface area contributed by atoms with Crippen molar-refractivity contribution >= 4 is 5.97 Å². The molecule has 2 heterocycles. The van der Waals surface area contributed by atoms with Gasteiger partial charge >= 0.3 is 5.97 Å². The molecular weight excluding hydrogens is 376 g/mol. The molecule has 1 aromatic carbocycles. The fraction of sp³-hybridized carbons (Fsp3) is 0.182. The lowest BCUT2D eigenvalue weighted by Crippen LogP contribution is -2.06. The van der Waals surface area contributed by atoms with Crippen LogP contribution in [0.2, 0.25) is 0 Å². The van der Waals surface area contributed by atoms with E-state index in [1.165, 1.54) is 6.33 Å². The molecule has 0 saturated heterocycles. The largest absolute Gasteiger partial charge is 0.477 e. The van der Waals surface area contributed by atoms with Gasteiger partial charge in [-0.1, -0.05) is 25.7 Å². The van der Waals surface area contributed by atoms with Crippen molar-refractivity contribution in [2.24, 2.45) is 0 Å². The molecule has 0 spiro atoms. The maximum absolute atomic E-state index is 14.2. The summed E-state index contributed by atoms with van der Waals surface area (Å²) in [6.07, 6.45) is 4.29. The average molecular weight is 393 g/mol. The minimum absolute atomic E-state index is 0.0888. The van der Waals surface area contributed by atoms with Crippen molar-refractivity contribution in [1.29, 1.82) is 0 Å². The van der Waals surface area contributed by atoms with Gasteiger partial charge in [0.15, 0.2) is 0 Å². The highest BCUT2D eigenvalue weighted by atomic mass is 19.1. The number of hydrogen-bond donors (Lipinski definition) is 1. The number of rotatable bonds is 4. The number of aromatic nitrogens is 3. The Kier molecular flexibility index (Phi) is 5.93. The van der Waals surface area contributed by atoms with Crippen LogP contribution in [0, 0.1) is 23.5 Å². The topological polar surface area (TPSA) is 76.0 Å². The van der Waals surface area contributed by atoms with Gasteiger partial charge in [-0.2, -0.15) is 0 Å². The highest BCUT2D eigenvalue weighted by Crippen LogP contribution is 2.27. The van der Waals surface area contributed by atoms with E-state index in [1.807, 2.05) is 26.0 Å². The average Bonchev–Trinajstić information content (AvgIpc) is 2.71. The van der Waals surface area contributed by atoms with Crippen molar-refractivity contribution in [3.63, 3.8) is 0 Å². The van der Waals surface area contributed by atoms with E-state index >= 15 is 0 Å². The van der Waals surface area contributed by atoms with E-state index in [9.17, 15) is 13.6 Å². The number of carboxylic acids is 1. The van der Waals surface area contributed by atoms with Gasteiger partial charge in [0.05, 0.1) is 17.0 Å². The summed E-state index contributed by atoms with van der Waals surface area (Å²) in [4.78, 5) is 23.7. The quantitative estimate of drug-likeness (QED) is 0.677. The zero-order chi connectivity index (χ0) is 21.0. The molecule has 3 aromatic rings. The molecule has 0 fully saturated rings. The molecule has 0 aliphatic carbocycles. The number of carbonyl (C=O) groups is 1. The van der Waals surface area contributed by atoms with Crippen molar-refractivity contribution in [2.75, 3.05) is 0 Å². The van der Waals surface area contributed by atoms with Crippen molar-refractivity contribution in [3.8, 4) is 23.1 Å². The monoisotopic (exact) mass is 393 g/mol. The van der Waals surface area contributed by atoms with E-state index in [0.29, 0.717) is 23.2 Å². The van der Waals surface area contributed by atoms with Gasteiger partial charge in [-0.05, 0) is 37.1 Å². The van der Waals surface area contributed by atoms with Crippen molar-refractivity contribution in [3.05, 3.63) is 76.5 Å². The summed E-state index contributed by atoms with van der Waals surface area (Å²) in [5.41, 5.74) is 1.98.